The molecule has 0 amide bonds. The molecule has 2 aromatic rings. The molecule has 0 nitrogen and oxygen atoms in total. The van der Waals surface area contributed by atoms with E-state index in [2.05, 4.69) is 62.4 Å². The van der Waals surface area contributed by atoms with Crippen molar-refractivity contribution in [1.82, 2.24) is 0 Å². The standard InChI is InChI=1S/C14H15P.Pd/c1-11-3-7-13(8-4-11)15-14-9-5-12(2)6-10-14;/h3-10,15H,1-2H3;. The van der Waals surface area contributed by atoms with Crippen molar-refractivity contribution in [2.75, 3.05) is 0 Å². The Balaban J connectivity index is 0.00000128. The summed E-state index contributed by atoms with van der Waals surface area (Å²) in [6, 6.07) is 17.6. The van der Waals surface area contributed by atoms with Crippen LogP contribution in [0.15, 0.2) is 48.5 Å². The molecular formula is C14H15PPd. The van der Waals surface area contributed by atoms with Gasteiger partial charge in [0, 0.05) is 20.4 Å². The molecule has 0 aromatic heterocycles. The van der Waals surface area contributed by atoms with Crippen LogP contribution in [0.3, 0.4) is 0 Å². The van der Waals surface area contributed by atoms with E-state index >= 15 is 0 Å². The van der Waals surface area contributed by atoms with Gasteiger partial charge in [0.1, 0.15) is 0 Å². The van der Waals surface area contributed by atoms with Crippen molar-refractivity contribution in [2.45, 2.75) is 13.8 Å². The van der Waals surface area contributed by atoms with Gasteiger partial charge in [-0.05, 0) is 24.5 Å². The maximum atomic E-state index is 2.22. The van der Waals surface area contributed by atoms with E-state index in [1.165, 1.54) is 21.7 Å². The summed E-state index contributed by atoms with van der Waals surface area (Å²) in [5.74, 6) is 0. The topological polar surface area (TPSA) is 0 Å². The third kappa shape index (κ3) is 3.84. The predicted octanol–water partition coefficient (Wildman–Crippen LogP) is 2.93. The molecule has 16 heavy (non-hydrogen) atoms. The molecule has 0 bridgehead atoms. The first-order chi connectivity index (χ1) is 7.24. The van der Waals surface area contributed by atoms with E-state index in [0.717, 1.165) is 8.58 Å². The summed E-state index contributed by atoms with van der Waals surface area (Å²) in [5.41, 5.74) is 2.65. The molecule has 0 N–H and O–H groups in total. The van der Waals surface area contributed by atoms with Gasteiger partial charge in [-0.15, -0.1) is 0 Å². The molecule has 0 unspecified atom stereocenters. The summed E-state index contributed by atoms with van der Waals surface area (Å²) in [5, 5.41) is 2.81. The van der Waals surface area contributed by atoms with E-state index in [-0.39, 0.29) is 20.4 Å². The van der Waals surface area contributed by atoms with Gasteiger partial charge in [0.05, 0.1) is 0 Å². The van der Waals surface area contributed by atoms with E-state index in [9.17, 15) is 0 Å². The van der Waals surface area contributed by atoms with Crippen LogP contribution < -0.4 is 10.6 Å². The van der Waals surface area contributed by atoms with Gasteiger partial charge in [0.15, 0.2) is 0 Å². The van der Waals surface area contributed by atoms with Gasteiger partial charge in [0.25, 0.3) is 0 Å². The maximum absolute atomic E-state index is 2.22. The zero-order chi connectivity index (χ0) is 10.7. The number of rotatable bonds is 2. The van der Waals surface area contributed by atoms with Crippen LogP contribution in [0.5, 0.6) is 0 Å². The van der Waals surface area contributed by atoms with Crippen molar-refractivity contribution in [3.63, 3.8) is 0 Å². The Hall–Kier alpha value is -0.468. The Labute approximate surface area is 113 Å². The summed E-state index contributed by atoms with van der Waals surface area (Å²) < 4.78 is 0. The fraction of sp³-hybridized carbons (Fsp3) is 0.143. The fourth-order valence-corrected chi connectivity index (χ4v) is 2.44. The van der Waals surface area contributed by atoms with Gasteiger partial charge in [-0.25, -0.2) is 0 Å². The number of hydrogen-bond donors (Lipinski definition) is 0. The monoisotopic (exact) mass is 320 g/mol. The minimum atomic E-state index is 0. The minimum Gasteiger partial charge on any atom is -0.0591 e. The molecule has 0 aliphatic carbocycles. The smallest absolute Gasteiger partial charge is 0 e. The molecule has 0 atom stereocenters. The summed E-state index contributed by atoms with van der Waals surface area (Å²) in [6.45, 7) is 4.25. The molecule has 2 aromatic carbocycles. The van der Waals surface area contributed by atoms with Gasteiger partial charge < -0.3 is 0 Å². The van der Waals surface area contributed by atoms with Gasteiger partial charge in [-0.1, -0.05) is 68.2 Å². The van der Waals surface area contributed by atoms with Crippen LogP contribution in [0, 0.1) is 13.8 Å². The average molecular weight is 321 g/mol. The minimum absolute atomic E-state index is 0. The Morgan fingerprint density at radius 3 is 1.25 bits per heavy atom. The van der Waals surface area contributed by atoms with Crippen LogP contribution in [0.25, 0.3) is 0 Å². The van der Waals surface area contributed by atoms with Crippen LogP contribution >= 0.6 is 8.58 Å². The third-order valence-corrected chi connectivity index (χ3v) is 3.64. The van der Waals surface area contributed by atoms with Crippen molar-refractivity contribution in [2.24, 2.45) is 0 Å². The molecule has 0 fully saturated rings. The number of benzene rings is 2. The first-order valence-corrected chi connectivity index (χ1v) is 6.14. The van der Waals surface area contributed by atoms with Crippen LogP contribution in [0.2, 0.25) is 0 Å². The van der Waals surface area contributed by atoms with Crippen molar-refractivity contribution in [3.05, 3.63) is 59.7 Å². The molecule has 0 heterocycles. The van der Waals surface area contributed by atoms with Crippen LogP contribution in [0.1, 0.15) is 11.1 Å². The third-order valence-electron chi connectivity index (χ3n) is 2.39. The Kier molecular flexibility index (Phi) is 5.36. The molecule has 0 radical (unpaired) electrons. The number of aryl methyl sites for hydroxylation is 2. The molecule has 2 rings (SSSR count). The zero-order valence-electron chi connectivity index (χ0n) is 9.44. The summed E-state index contributed by atoms with van der Waals surface area (Å²) in [4.78, 5) is 0. The van der Waals surface area contributed by atoms with E-state index in [4.69, 9.17) is 0 Å². The fourth-order valence-electron chi connectivity index (χ4n) is 1.44. The Morgan fingerprint density at radius 2 is 0.938 bits per heavy atom. The van der Waals surface area contributed by atoms with E-state index < -0.39 is 0 Å². The van der Waals surface area contributed by atoms with E-state index in [1.54, 1.807) is 0 Å². The van der Waals surface area contributed by atoms with Gasteiger partial charge in [0.2, 0.25) is 0 Å². The number of hydrogen-bond acceptors (Lipinski definition) is 0. The van der Waals surface area contributed by atoms with E-state index in [1.807, 2.05) is 0 Å². The second-order valence-electron chi connectivity index (χ2n) is 3.86. The molecule has 0 aliphatic heterocycles. The Morgan fingerprint density at radius 1 is 0.625 bits per heavy atom. The molecule has 0 saturated carbocycles. The maximum Gasteiger partial charge on any atom is 0 e. The SMILES string of the molecule is Cc1ccc(Pc2ccc(C)cc2)cc1.[Pd]. The summed E-state index contributed by atoms with van der Waals surface area (Å²) in [6.07, 6.45) is 0. The van der Waals surface area contributed by atoms with Crippen molar-refractivity contribution in [1.29, 1.82) is 0 Å². The van der Waals surface area contributed by atoms with Crippen molar-refractivity contribution in [3.8, 4) is 0 Å². The van der Waals surface area contributed by atoms with Crippen LogP contribution in [-0.4, -0.2) is 0 Å². The first-order valence-electron chi connectivity index (χ1n) is 5.14. The Bertz CT molecular complexity index is 388. The van der Waals surface area contributed by atoms with Gasteiger partial charge in [-0.3, -0.25) is 0 Å². The van der Waals surface area contributed by atoms with Gasteiger partial charge >= 0.3 is 0 Å². The second kappa shape index (κ2) is 6.31. The van der Waals surface area contributed by atoms with Crippen LogP contribution in [-0.2, 0) is 20.4 Å². The molecule has 0 aliphatic rings. The molecule has 86 valence electrons. The zero-order valence-corrected chi connectivity index (χ0v) is 12.0. The molecule has 2 heteroatoms. The largest absolute Gasteiger partial charge is 0.0591 e. The summed E-state index contributed by atoms with van der Waals surface area (Å²) in [7, 11) is 0.769. The van der Waals surface area contributed by atoms with Gasteiger partial charge in [-0.2, -0.15) is 0 Å². The van der Waals surface area contributed by atoms with Crippen molar-refractivity contribution < 1.29 is 20.4 Å². The quantitative estimate of drug-likeness (QED) is 0.589. The summed E-state index contributed by atoms with van der Waals surface area (Å²) >= 11 is 0. The second-order valence-corrected chi connectivity index (χ2v) is 5.26. The first kappa shape index (κ1) is 13.6. The molecule has 0 saturated heterocycles. The van der Waals surface area contributed by atoms with E-state index in [0.29, 0.717) is 0 Å². The molecular weight excluding hydrogens is 306 g/mol. The normalized spacial score (nSPS) is 9.62. The predicted molar refractivity (Wildman–Crippen MR) is 69.9 cm³/mol. The van der Waals surface area contributed by atoms with Crippen molar-refractivity contribution >= 4 is 19.2 Å². The average Bonchev–Trinajstić information content (AvgIpc) is 2.25. The van der Waals surface area contributed by atoms with Crippen LogP contribution in [0.4, 0.5) is 0 Å². The molecule has 0 spiro atoms.